The molecule has 2 aliphatic carbocycles. The van der Waals surface area contributed by atoms with Crippen LogP contribution in [0.1, 0.15) is 31.2 Å². The van der Waals surface area contributed by atoms with E-state index in [4.69, 9.17) is 0 Å². The number of ketones is 1. The third-order valence-electron chi connectivity index (χ3n) is 4.09. The van der Waals surface area contributed by atoms with Crippen LogP contribution in [-0.2, 0) is 4.79 Å². The van der Waals surface area contributed by atoms with Crippen molar-refractivity contribution in [2.24, 2.45) is 11.8 Å². The van der Waals surface area contributed by atoms with Crippen LogP contribution in [0.15, 0.2) is 48.1 Å². The fourth-order valence-corrected chi connectivity index (χ4v) is 3.09. The van der Waals surface area contributed by atoms with Crippen molar-refractivity contribution in [2.45, 2.75) is 25.7 Å². The molecule has 1 aromatic carbocycles. The molecule has 92 valence electrons. The van der Waals surface area contributed by atoms with E-state index in [1.165, 1.54) is 19.3 Å². The summed E-state index contributed by atoms with van der Waals surface area (Å²) in [6, 6.07) is 10.1. The quantitative estimate of drug-likeness (QED) is 0.675. The number of allylic oxidation sites excluding steroid dienone is 3. The first kappa shape index (κ1) is 11.5. The van der Waals surface area contributed by atoms with Crippen molar-refractivity contribution < 1.29 is 4.79 Å². The van der Waals surface area contributed by atoms with Gasteiger partial charge in [0.2, 0.25) is 0 Å². The fraction of sp³-hybridized carbons (Fsp3) is 0.353. The van der Waals surface area contributed by atoms with Crippen molar-refractivity contribution in [3.8, 4) is 0 Å². The third kappa shape index (κ3) is 2.17. The average molecular weight is 238 g/mol. The van der Waals surface area contributed by atoms with Crippen molar-refractivity contribution in [1.29, 1.82) is 0 Å². The largest absolute Gasteiger partial charge is 0.294 e. The Labute approximate surface area is 108 Å². The minimum absolute atomic E-state index is 0.249. The molecular formula is C17H18O. The van der Waals surface area contributed by atoms with Gasteiger partial charge in [0.1, 0.15) is 0 Å². The SMILES string of the molecule is O=C1/C(=C/c2ccccc2)C=CC2CCCCC12. The maximum atomic E-state index is 12.4. The molecule has 1 nitrogen and oxygen atoms in total. The predicted molar refractivity (Wildman–Crippen MR) is 74.0 cm³/mol. The van der Waals surface area contributed by atoms with Gasteiger partial charge >= 0.3 is 0 Å². The maximum Gasteiger partial charge on any atom is 0.166 e. The molecule has 18 heavy (non-hydrogen) atoms. The molecule has 0 saturated heterocycles. The lowest BCUT2D eigenvalue weighted by molar-refractivity contribution is -0.121. The number of carbonyl (C=O) groups is 1. The molecule has 1 heteroatoms. The molecule has 0 N–H and O–H groups in total. The van der Waals surface area contributed by atoms with Crippen LogP contribution in [0.25, 0.3) is 6.08 Å². The molecule has 1 aromatic rings. The molecule has 0 aromatic heterocycles. The van der Waals surface area contributed by atoms with Crippen molar-refractivity contribution in [2.75, 3.05) is 0 Å². The zero-order valence-corrected chi connectivity index (χ0v) is 10.5. The topological polar surface area (TPSA) is 17.1 Å². The summed E-state index contributed by atoms with van der Waals surface area (Å²) in [7, 11) is 0. The standard InChI is InChI=1S/C17H18O/c18-17-15(12-13-6-2-1-3-7-13)11-10-14-8-4-5-9-16(14)17/h1-3,6-7,10-12,14,16H,4-5,8-9H2/b15-12+. The van der Waals surface area contributed by atoms with Crippen LogP contribution in [0, 0.1) is 11.8 Å². The van der Waals surface area contributed by atoms with Gasteiger partial charge in [0.25, 0.3) is 0 Å². The second-order valence-electron chi connectivity index (χ2n) is 5.29. The zero-order valence-electron chi connectivity index (χ0n) is 10.5. The summed E-state index contributed by atoms with van der Waals surface area (Å²) >= 11 is 0. The number of Topliss-reactive ketones (excluding diaryl/α,β-unsaturated/α-hetero) is 1. The highest BCUT2D eigenvalue weighted by Crippen LogP contribution is 2.37. The van der Waals surface area contributed by atoms with E-state index >= 15 is 0 Å². The van der Waals surface area contributed by atoms with Crippen LogP contribution in [0.3, 0.4) is 0 Å². The Morgan fingerprint density at radius 1 is 1.06 bits per heavy atom. The summed E-state index contributed by atoms with van der Waals surface area (Å²) in [5.74, 6) is 1.10. The van der Waals surface area contributed by atoms with E-state index in [9.17, 15) is 4.79 Å². The molecule has 0 aliphatic heterocycles. The molecule has 0 bridgehead atoms. The molecular weight excluding hydrogens is 220 g/mol. The third-order valence-corrected chi connectivity index (χ3v) is 4.09. The maximum absolute atomic E-state index is 12.4. The summed E-state index contributed by atoms with van der Waals surface area (Å²) in [4.78, 5) is 12.4. The highest BCUT2D eigenvalue weighted by molar-refractivity contribution is 6.04. The van der Waals surface area contributed by atoms with Gasteiger partial charge in [-0.15, -0.1) is 0 Å². The molecule has 0 heterocycles. The first-order valence-corrected chi connectivity index (χ1v) is 6.84. The highest BCUT2D eigenvalue weighted by Gasteiger charge is 2.32. The number of hydrogen-bond donors (Lipinski definition) is 0. The molecule has 0 amide bonds. The number of rotatable bonds is 1. The Morgan fingerprint density at radius 2 is 1.83 bits per heavy atom. The molecule has 0 radical (unpaired) electrons. The van der Waals surface area contributed by atoms with Crippen LogP contribution in [-0.4, -0.2) is 5.78 Å². The monoisotopic (exact) mass is 238 g/mol. The molecule has 2 atom stereocenters. The number of benzene rings is 1. The molecule has 2 aliphatic rings. The summed E-state index contributed by atoms with van der Waals surface area (Å²) in [6.45, 7) is 0. The summed E-state index contributed by atoms with van der Waals surface area (Å²) in [5, 5.41) is 0. The lowest BCUT2D eigenvalue weighted by Crippen LogP contribution is -2.29. The second kappa shape index (κ2) is 4.93. The molecule has 3 rings (SSSR count). The zero-order chi connectivity index (χ0) is 12.4. The predicted octanol–water partition coefficient (Wildman–Crippen LogP) is 4.02. The van der Waals surface area contributed by atoms with Gasteiger partial charge in [-0.25, -0.2) is 0 Å². The smallest absolute Gasteiger partial charge is 0.166 e. The van der Waals surface area contributed by atoms with Crippen molar-refractivity contribution in [3.63, 3.8) is 0 Å². The molecule has 1 fully saturated rings. The Kier molecular flexibility index (Phi) is 3.14. The fourth-order valence-electron chi connectivity index (χ4n) is 3.09. The van der Waals surface area contributed by atoms with Crippen LogP contribution in [0.4, 0.5) is 0 Å². The summed E-state index contributed by atoms with van der Waals surface area (Å²) < 4.78 is 0. The van der Waals surface area contributed by atoms with E-state index in [1.54, 1.807) is 0 Å². The van der Waals surface area contributed by atoms with Gasteiger partial charge in [-0.1, -0.05) is 55.3 Å². The van der Waals surface area contributed by atoms with E-state index in [2.05, 4.69) is 6.08 Å². The van der Waals surface area contributed by atoms with Gasteiger partial charge in [-0.3, -0.25) is 4.79 Å². The number of carbonyl (C=O) groups excluding carboxylic acids is 1. The normalized spacial score (nSPS) is 29.3. The van der Waals surface area contributed by atoms with Crippen molar-refractivity contribution >= 4 is 11.9 Å². The minimum atomic E-state index is 0.249. The summed E-state index contributed by atoms with van der Waals surface area (Å²) in [5.41, 5.74) is 1.99. The van der Waals surface area contributed by atoms with Crippen LogP contribution >= 0.6 is 0 Å². The Balaban J connectivity index is 1.90. The highest BCUT2D eigenvalue weighted by atomic mass is 16.1. The molecule has 2 unspecified atom stereocenters. The van der Waals surface area contributed by atoms with Gasteiger partial charge in [-0.05, 0) is 30.4 Å². The van der Waals surface area contributed by atoms with Crippen molar-refractivity contribution in [3.05, 3.63) is 53.6 Å². The Bertz CT molecular complexity index is 496. The number of fused-ring (bicyclic) bond motifs is 1. The molecule has 0 spiro atoms. The first-order valence-electron chi connectivity index (χ1n) is 6.84. The van der Waals surface area contributed by atoms with E-state index in [-0.39, 0.29) is 5.92 Å². The van der Waals surface area contributed by atoms with Gasteiger partial charge in [-0.2, -0.15) is 0 Å². The van der Waals surface area contributed by atoms with Crippen LogP contribution in [0.5, 0.6) is 0 Å². The minimum Gasteiger partial charge on any atom is -0.294 e. The molecule has 1 saturated carbocycles. The van der Waals surface area contributed by atoms with Crippen LogP contribution in [0.2, 0.25) is 0 Å². The van der Waals surface area contributed by atoms with Gasteiger partial charge in [0.15, 0.2) is 5.78 Å². The van der Waals surface area contributed by atoms with E-state index in [0.29, 0.717) is 11.7 Å². The van der Waals surface area contributed by atoms with Gasteiger partial charge in [0.05, 0.1) is 0 Å². The van der Waals surface area contributed by atoms with Gasteiger partial charge in [0, 0.05) is 11.5 Å². The van der Waals surface area contributed by atoms with E-state index in [0.717, 1.165) is 17.6 Å². The first-order chi connectivity index (χ1) is 8.84. The lowest BCUT2D eigenvalue weighted by Gasteiger charge is -2.31. The van der Waals surface area contributed by atoms with E-state index in [1.807, 2.05) is 42.5 Å². The van der Waals surface area contributed by atoms with E-state index < -0.39 is 0 Å². The van der Waals surface area contributed by atoms with Crippen LogP contribution < -0.4 is 0 Å². The Hall–Kier alpha value is -1.63. The Morgan fingerprint density at radius 3 is 2.67 bits per heavy atom. The average Bonchev–Trinajstić information content (AvgIpc) is 2.43. The number of hydrogen-bond acceptors (Lipinski definition) is 1. The van der Waals surface area contributed by atoms with Crippen molar-refractivity contribution in [1.82, 2.24) is 0 Å². The second-order valence-corrected chi connectivity index (χ2v) is 5.29. The lowest BCUT2D eigenvalue weighted by atomic mass is 9.72. The van der Waals surface area contributed by atoms with Gasteiger partial charge < -0.3 is 0 Å². The summed E-state index contributed by atoms with van der Waals surface area (Å²) in [6.07, 6.45) is 11.0.